The highest BCUT2D eigenvalue weighted by atomic mass is 35.5. The molecule has 0 radical (unpaired) electrons. The van der Waals surface area contributed by atoms with Gasteiger partial charge in [0.15, 0.2) is 11.6 Å². The summed E-state index contributed by atoms with van der Waals surface area (Å²) in [6, 6.07) is 14.1. The Bertz CT molecular complexity index is 996. The molecular weight excluding hydrogens is 399 g/mol. The average molecular weight is 417 g/mol. The van der Waals surface area contributed by atoms with E-state index < -0.39 is 0 Å². The van der Waals surface area contributed by atoms with E-state index in [-0.39, 0.29) is 0 Å². The van der Waals surface area contributed by atoms with E-state index in [1.54, 1.807) is 0 Å². The van der Waals surface area contributed by atoms with E-state index in [0.717, 1.165) is 46.3 Å². The minimum Gasteiger partial charge on any atom is -0.280 e. The predicted octanol–water partition coefficient (Wildman–Crippen LogP) is 5.51. The first-order valence-corrected chi connectivity index (χ1v) is 10.7. The van der Waals surface area contributed by atoms with Gasteiger partial charge in [-0.25, -0.2) is 0 Å². The first kappa shape index (κ1) is 18.5. The summed E-state index contributed by atoms with van der Waals surface area (Å²) < 4.78 is 2.05. The Morgan fingerprint density at radius 2 is 1.93 bits per heavy atom. The number of benzene rings is 2. The van der Waals surface area contributed by atoms with Crippen LogP contribution in [-0.2, 0) is 12.4 Å². The second-order valence-electron chi connectivity index (χ2n) is 6.17. The van der Waals surface area contributed by atoms with Crippen molar-refractivity contribution >= 4 is 40.7 Å². The van der Waals surface area contributed by atoms with Crippen LogP contribution in [0.15, 0.2) is 52.4 Å². The van der Waals surface area contributed by atoms with Crippen LogP contribution in [0.3, 0.4) is 0 Å². The van der Waals surface area contributed by atoms with Crippen LogP contribution in [-0.4, -0.2) is 26.2 Å². The van der Waals surface area contributed by atoms with Crippen molar-refractivity contribution in [2.24, 2.45) is 4.99 Å². The van der Waals surface area contributed by atoms with Crippen molar-refractivity contribution in [2.45, 2.75) is 30.7 Å². The maximum absolute atomic E-state index is 6.14. The number of rotatable bonds is 5. The highest BCUT2D eigenvalue weighted by Crippen LogP contribution is 2.34. The van der Waals surface area contributed by atoms with Crippen LogP contribution in [0.25, 0.3) is 5.69 Å². The number of aromatic nitrogens is 3. The number of thioether (sulfide) groups is 1. The molecule has 0 N–H and O–H groups in total. The molecule has 2 heterocycles. The summed E-state index contributed by atoms with van der Waals surface area (Å²) in [5.74, 6) is 2.88. The SMILES string of the molecule is CCCSc1cccc2c1C(c1ccc(Cl)cc1)=NCc1nnc(CCl)n1-2. The second-order valence-corrected chi connectivity index (χ2v) is 8.01. The van der Waals surface area contributed by atoms with Gasteiger partial charge in [0.2, 0.25) is 0 Å². The number of alkyl halides is 1. The van der Waals surface area contributed by atoms with E-state index in [9.17, 15) is 0 Å². The third-order valence-electron chi connectivity index (χ3n) is 4.36. The second kappa shape index (κ2) is 8.05. The lowest BCUT2D eigenvalue weighted by atomic mass is 10.0. The molecule has 4 nitrogen and oxygen atoms in total. The van der Waals surface area contributed by atoms with Crippen molar-refractivity contribution in [3.63, 3.8) is 0 Å². The number of hydrogen-bond donors (Lipinski definition) is 0. The fourth-order valence-electron chi connectivity index (χ4n) is 3.17. The number of aliphatic imine (C=N–C) groups is 1. The zero-order valence-corrected chi connectivity index (χ0v) is 17.2. The van der Waals surface area contributed by atoms with E-state index in [0.29, 0.717) is 17.4 Å². The molecule has 138 valence electrons. The minimum absolute atomic E-state index is 0.301. The first-order chi connectivity index (χ1) is 13.2. The van der Waals surface area contributed by atoms with Gasteiger partial charge in [-0.2, -0.15) is 0 Å². The van der Waals surface area contributed by atoms with Gasteiger partial charge in [0, 0.05) is 21.0 Å². The van der Waals surface area contributed by atoms with Crippen LogP contribution in [0, 0.1) is 0 Å². The van der Waals surface area contributed by atoms with Gasteiger partial charge >= 0.3 is 0 Å². The molecule has 0 fully saturated rings. The summed E-state index contributed by atoms with van der Waals surface area (Å²) in [6.07, 6.45) is 1.10. The lowest BCUT2D eigenvalue weighted by Crippen LogP contribution is -2.10. The Labute approximate surface area is 172 Å². The van der Waals surface area contributed by atoms with Crippen LogP contribution in [0.5, 0.6) is 0 Å². The summed E-state index contributed by atoms with van der Waals surface area (Å²) in [4.78, 5) is 6.12. The molecule has 1 aliphatic heterocycles. The van der Waals surface area contributed by atoms with Crippen molar-refractivity contribution < 1.29 is 0 Å². The van der Waals surface area contributed by atoms with Crippen LogP contribution < -0.4 is 0 Å². The zero-order valence-electron chi connectivity index (χ0n) is 14.8. The average Bonchev–Trinajstić information content (AvgIpc) is 3.03. The van der Waals surface area contributed by atoms with Crippen LogP contribution in [0.1, 0.15) is 36.1 Å². The summed E-state index contributed by atoms with van der Waals surface area (Å²) >= 11 is 14.1. The number of fused-ring (bicyclic) bond motifs is 3. The summed E-state index contributed by atoms with van der Waals surface area (Å²) in [6.45, 7) is 2.64. The summed E-state index contributed by atoms with van der Waals surface area (Å²) in [5.41, 5.74) is 4.12. The van der Waals surface area contributed by atoms with Crippen molar-refractivity contribution in [3.8, 4) is 5.69 Å². The fourth-order valence-corrected chi connectivity index (χ4v) is 4.41. The number of hydrogen-bond acceptors (Lipinski definition) is 4. The zero-order chi connectivity index (χ0) is 18.8. The van der Waals surface area contributed by atoms with Crippen LogP contribution >= 0.6 is 35.0 Å². The Morgan fingerprint density at radius 1 is 1.11 bits per heavy atom. The summed E-state index contributed by atoms with van der Waals surface area (Å²) in [7, 11) is 0. The minimum atomic E-state index is 0.301. The molecular formula is C20H18Cl2N4S. The van der Waals surface area contributed by atoms with E-state index in [4.69, 9.17) is 28.2 Å². The molecule has 1 aromatic heterocycles. The maximum atomic E-state index is 6.14. The first-order valence-electron chi connectivity index (χ1n) is 8.79. The number of halogens is 2. The molecule has 0 aliphatic carbocycles. The van der Waals surface area contributed by atoms with Gasteiger partial charge in [0.05, 0.1) is 17.3 Å². The highest BCUT2D eigenvalue weighted by molar-refractivity contribution is 7.99. The predicted molar refractivity (Wildman–Crippen MR) is 113 cm³/mol. The van der Waals surface area contributed by atoms with Gasteiger partial charge < -0.3 is 0 Å². The topological polar surface area (TPSA) is 43.1 Å². The van der Waals surface area contributed by atoms with Gasteiger partial charge in [-0.15, -0.1) is 33.6 Å². The largest absolute Gasteiger partial charge is 0.280 e. The van der Waals surface area contributed by atoms with E-state index in [2.05, 4.69) is 35.3 Å². The van der Waals surface area contributed by atoms with Crippen LogP contribution in [0.2, 0.25) is 5.02 Å². The van der Waals surface area contributed by atoms with E-state index >= 15 is 0 Å². The van der Waals surface area contributed by atoms with Gasteiger partial charge in [-0.3, -0.25) is 9.56 Å². The standard InChI is InChI=1S/C20H18Cl2N4S/c1-2-10-27-16-5-3-4-15-19(16)20(13-6-8-14(22)9-7-13)23-12-18-25-24-17(11-21)26(15)18/h3-9H,2,10-12H2,1H3. The van der Waals surface area contributed by atoms with Gasteiger partial charge in [0.25, 0.3) is 0 Å². The third-order valence-corrected chi connectivity index (χ3v) is 6.11. The quantitative estimate of drug-likeness (QED) is 0.406. The molecule has 2 aromatic carbocycles. The Hall–Kier alpha value is -1.82. The molecule has 27 heavy (non-hydrogen) atoms. The molecule has 7 heteroatoms. The van der Waals surface area contributed by atoms with Gasteiger partial charge in [-0.05, 0) is 36.4 Å². The Morgan fingerprint density at radius 3 is 2.67 bits per heavy atom. The molecule has 0 amide bonds. The highest BCUT2D eigenvalue weighted by Gasteiger charge is 2.25. The molecule has 1 aliphatic rings. The summed E-state index contributed by atoms with van der Waals surface area (Å²) in [5, 5.41) is 9.27. The molecule has 0 spiro atoms. The molecule has 0 saturated carbocycles. The maximum Gasteiger partial charge on any atom is 0.159 e. The molecule has 0 saturated heterocycles. The van der Waals surface area contributed by atoms with E-state index in [1.807, 2.05) is 40.6 Å². The van der Waals surface area contributed by atoms with Crippen molar-refractivity contribution in [3.05, 3.63) is 70.3 Å². The lowest BCUT2D eigenvalue weighted by molar-refractivity contribution is 0.857. The Kier molecular flexibility index (Phi) is 5.53. The van der Waals surface area contributed by atoms with Gasteiger partial charge in [-0.1, -0.05) is 36.7 Å². The number of nitrogens with zero attached hydrogens (tertiary/aromatic N) is 4. The van der Waals surface area contributed by atoms with Gasteiger partial charge in [0.1, 0.15) is 6.54 Å². The lowest BCUT2D eigenvalue weighted by Gasteiger charge is -2.17. The fraction of sp³-hybridized carbons (Fsp3) is 0.250. The molecule has 0 bridgehead atoms. The molecule has 0 atom stereocenters. The monoisotopic (exact) mass is 416 g/mol. The molecule has 4 rings (SSSR count). The van der Waals surface area contributed by atoms with E-state index in [1.165, 1.54) is 4.90 Å². The van der Waals surface area contributed by atoms with Crippen molar-refractivity contribution in [1.82, 2.24) is 14.8 Å². The smallest absolute Gasteiger partial charge is 0.159 e. The molecule has 0 unspecified atom stereocenters. The molecule has 3 aromatic rings. The third kappa shape index (κ3) is 3.51. The normalized spacial score (nSPS) is 12.9. The van der Waals surface area contributed by atoms with Crippen molar-refractivity contribution in [2.75, 3.05) is 5.75 Å². The Balaban J connectivity index is 1.96. The van der Waals surface area contributed by atoms with Crippen LogP contribution in [0.4, 0.5) is 0 Å². The van der Waals surface area contributed by atoms with Crippen molar-refractivity contribution in [1.29, 1.82) is 0 Å².